The summed E-state index contributed by atoms with van der Waals surface area (Å²) < 4.78 is 0. The number of nitrogens with one attached hydrogen (secondary N) is 1. The van der Waals surface area contributed by atoms with Crippen molar-refractivity contribution in [3.05, 3.63) is 12.7 Å². The molecule has 2 fully saturated rings. The van der Waals surface area contributed by atoms with Crippen LogP contribution >= 0.6 is 11.8 Å². The van der Waals surface area contributed by atoms with Gasteiger partial charge >= 0.3 is 0 Å². The Kier molecular flexibility index (Phi) is 4.58. The summed E-state index contributed by atoms with van der Waals surface area (Å²) in [6, 6.07) is 1.57. The van der Waals surface area contributed by atoms with E-state index in [1.165, 1.54) is 50.0 Å². The molecule has 86 valence electrons. The van der Waals surface area contributed by atoms with E-state index in [2.05, 4.69) is 29.7 Å². The average Bonchev–Trinajstić information content (AvgIpc) is 3.09. The van der Waals surface area contributed by atoms with Crippen molar-refractivity contribution >= 4 is 11.8 Å². The molecular weight excluding hydrogens is 202 g/mol. The summed E-state index contributed by atoms with van der Waals surface area (Å²) in [5.41, 5.74) is 0. The largest absolute Gasteiger partial charge is 0.310 e. The van der Waals surface area contributed by atoms with Gasteiger partial charge in [-0.2, -0.15) is 11.8 Å². The van der Waals surface area contributed by atoms with Crippen molar-refractivity contribution in [2.24, 2.45) is 5.92 Å². The first kappa shape index (κ1) is 11.5. The fourth-order valence-electron chi connectivity index (χ4n) is 2.43. The molecule has 15 heavy (non-hydrogen) atoms. The van der Waals surface area contributed by atoms with Crippen LogP contribution in [0.2, 0.25) is 0 Å². The second-order valence-electron chi connectivity index (χ2n) is 4.89. The van der Waals surface area contributed by atoms with Crippen molar-refractivity contribution in [2.75, 3.05) is 11.5 Å². The van der Waals surface area contributed by atoms with E-state index in [0.717, 1.165) is 18.0 Å². The van der Waals surface area contributed by atoms with Crippen molar-refractivity contribution in [3.8, 4) is 0 Å². The quantitative estimate of drug-likeness (QED) is 0.697. The van der Waals surface area contributed by atoms with Crippen LogP contribution in [-0.4, -0.2) is 23.6 Å². The molecular formula is C13H23NS. The lowest BCUT2D eigenvalue weighted by Gasteiger charge is -2.28. The van der Waals surface area contributed by atoms with Gasteiger partial charge in [-0.25, -0.2) is 0 Å². The number of thioether (sulfide) groups is 1. The van der Waals surface area contributed by atoms with E-state index in [1.807, 2.05) is 0 Å². The highest BCUT2D eigenvalue weighted by molar-refractivity contribution is 7.99. The average molecular weight is 225 g/mol. The van der Waals surface area contributed by atoms with E-state index in [4.69, 9.17) is 0 Å². The van der Waals surface area contributed by atoms with E-state index in [-0.39, 0.29) is 0 Å². The smallest absolute Gasteiger partial charge is 0.0161 e. The van der Waals surface area contributed by atoms with E-state index in [9.17, 15) is 0 Å². The second-order valence-corrected chi connectivity index (χ2v) is 6.04. The Morgan fingerprint density at radius 2 is 2.27 bits per heavy atom. The molecule has 1 saturated carbocycles. The molecule has 0 aromatic carbocycles. The molecule has 1 heterocycles. The summed E-state index contributed by atoms with van der Waals surface area (Å²) in [6.07, 6.45) is 10.2. The fraction of sp³-hybridized carbons (Fsp3) is 0.846. The van der Waals surface area contributed by atoms with Crippen LogP contribution in [0, 0.1) is 5.92 Å². The van der Waals surface area contributed by atoms with E-state index >= 15 is 0 Å². The van der Waals surface area contributed by atoms with Crippen LogP contribution in [0.1, 0.15) is 38.5 Å². The lowest BCUT2D eigenvalue weighted by molar-refractivity contribution is 0.376. The highest BCUT2D eigenvalue weighted by Gasteiger charge is 2.32. The van der Waals surface area contributed by atoms with Crippen molar-refractivity contribution in [1.82, 2.24) is 5.32 Å². The van der Waals surface area contributed by atoms with Crippen molar-refractivity contribution < 1.29 is 0 Å². The summed E-state index contributed by atoms with van der Waals surface area (Å²) in [5.74, 6) is 3.69. The van der Waals surface area contributed by atoms with Crippen LogP contribution in [0.25, 0.3) is 0 Å². The molecule has 2 heteroatoms. The van der Waals surface area contributed by atoms with Gasteiger partial charge in [0.25, 0.3) is 0 Å². The Morgan fingerprint density at radius 3 is 2.87 bits per heavy atom. The molecule has 0 spiro atoms. The molecule has 1 nitrogen and oxygen atoms in total. The third-order valence-corrected chi connectivity index (χ3v) is 4.70. The Balaban J connectivity index is 1.74. The third kappa shape index (κ3) is 3.84. The third-order valence-electron chi connectivity index (χ3n) is 3.48. The predicted molar refractivity (Wildman–Crippen MR) is 69.4 cm³/mol. The zero-order chi connectivity index (χ0) is 10.5. The molecule has 0 bridgehead atoms. The summed E-state index contributed by atoms with van der Waals surface area (Å²) in [5, 5.41) is 3.88. The van der Waals surface area contributed by atoms with E-state index < -0.39 is 0 Å². The van der Waals surface area contributed by atoms with Gasteiger partial charge in [-0.15, -0.1) is 6.58 Å². The molecule has 0 radical (unpaired) electrons. The second kappa shape index (κ2) is 5.95. The van der Waals surface area contributed by atoms with Crippen LogP contribution in [-0.2, 0) is 0 Å². The molecule has 0 amide bonds. The van der Waals surface area contributed by atoms with Gasteiger partial charge in [0.1, 0.15) is 0 Å². The Hall–Kier alpha value is 0.0500. The topological polar surface area (TPSA) is 12.0 Å². The molecule has 0 aromatic heterocycles. The first-order valence-electron chi connectivity index (χ1n) is 6.35. The zero-order valence-electron chi connectivity index (χ0n) is 9.58. The highest BCUT2D eigenvalue weighted by atomic mass is 32.2. The lowest BCUT2D eigenvalue weighted by Crippen LogP contribution is -2.42. The number of hydrogen-bond donors (Lipinski definition) is 1. The van der Waals surface area contributed by atoms with E-state index in [0.29, 0.717) is 0 Å². The lowest BCUT2D eigenvalue weighted by atomic mass is 10.0. The first-order valence-corrected chi connectivity index (χ1v) is 7.50. The fourth-order valence-corrected chi connectivity index (χ4v) is 3.51. The van der Waals surface area contributed by atoms with Gasteiger partial charge in [0.05, 0.1) is 0 Å². The van der Waals surface area contributed by atoms with Gasteiger partial charge in [0, 0.05) is 17.8 Å². The van der Waals surface area contributed by atoms with Crippen molar-refractivity contribution in [3.63, 3.8) is 0 Å². The maximum absolute atomic E-state index is 3.88. The van der Waals surface area contributed by atoms with Gasteiger partial charge < -0.3 is 5.32 Å². The van der Waals surface area contributed by atoms with Crippen LogP contribution in [0.15, 0.2) is 12.7 Å². The zero-order valence-corrected chi connectivity index (χ0v) is 10.4. The molecule has 1 N–H and O–H groups in total. The van der Waals surface area contributed by atoms with Gasteiger partial charge in [-0.3, -0.25) is 0 Å². The van der Waals surface area contributed by atoms with Gasteiger partial charge in [-0.05, 0) is 50.2 Å². The van der Waals surface area contributed by atoms with Crippen LogP contribution in [0.5, 0.6) is 0 Å². The summed E-state index contributed by atoms with van der Waals surface area (Å²) >= 11 is 2.12. The minimum absolute atomic E-state index is 0.784. The Bertz CT molecular complexity index is 195. The minimum Gasteiger partial charge on any atom is -0.310 e. The van der Waals surface area contributed by atoms with Crippen LogP contribution in [0.3, 0.4) is 0 Å². The van der Waals surface area contributed by atoms with Crippen LogP contribution < -0.4 is 5.32 Å². The molecule has 2 aliphatic rings. The number of rotatable bonds is 6. The van der Waals surface area contributed by atoms with Gasteiger partial charge in [-0.1, -0.05) is 6.08 Å². The number of allylic oxidation sites excluding steroid dienone is 1. The normalized spacial score (nSPS) is 28.7. The summed E-state index contributed by atoms with van der Waals surface area (Å²) in [4.78, 5) is 0. The summed E-state index contributed by atoms with van der Waals surface area (Å²) in [7, 11) is 0. The standard InChI is InChI=1S/C13H23NS/c1-2-3-6-13(11-7-8-11)14-12-5-4-9-15-10-12/h2,11-14H,1,3-10H2. The Morgan fingerprint density at radius 1 is 1.40 bits per heavy atom. The monoisotopic (exact) mass is 225 g/mol. The van der Waals surface area contributed by atoms with Crippen LogP contribution in [0.4, 0.5) is 0 Å². The minimum atomic E-state index is 0.784. The maximum Gasteiger partial charge on any atom is 0.0161 e. The van der Waals surface area contributed by atoms with Crippen molar-refractivity contribution in [1.29, 1.82) is 0 Å². The first-order chi connectivity index (χ1) is 7.40. The number of hydrogen-bond acceptors (Lipinski definition) is 2. The van der Waals surface area contributed by atoms with Crippen molar-refractivity contribution in [2.45, 2.75) is 50.6 Å². The van der Waals surface area contributed by atoms with E-state index in [1.54, 1.807) is 0 Å². The molecule has 1 aliphatic heterocycles. The molecule has 1 saturated heterocycles. The summed E-state index contributed by atoms with van der Waals surface area (Å²) in [6.45, 7) is 3.83. The maximum atomic E-state index is 3.88. The SMILES string of the molecule is C=CCCC(NC1CCCSC1)C1CC1. The van der Waals surface area contributed by atoms with Gasteiger partial charge in [0.15, 0.2) is 0 Å². The molecule has 2 rings (SSSR count). The molecule has 2 atom stereocenters. The predicted octanol–water partition coefficient (Wildman–Crippen LogP) is 3.22. The molecule has 0 aromatic rings. The Labute approximate surface area is 98.1 Å². The molecule has 1 aliphatic carbocycles. The molecule has 2 unspecified atom stereocenters. The highest BCUT2D eigenvalue weighted by Crippen LogP contribution is 2.35. The van der Waals surface area contributed by atoms with Gasteiger partial charge in [0.2, 0.25) is 0 Å².